The van der Waals surface area contributed by atoms with E-state index < -0.39 is 34.1 Å². The highest BCUT2D eigenvalue weighted by molar-refractivity contribution is 7.92. The summed E-state index contributed by atoms with van der Waals surface area (Å²) in [7, 11) is -3.83. The average Bonchev–Trinajstić information content (AvgIpc) is 2.84. The van der Waals surface area contributed by atoms with E-state index in [1.165, 1.54) is 4.90 Å². The highest BCUT2D eigenvalue weighted by Crippen LogP contribution is 2.22. The molecule has 3 rings (SSSR count). The number of halogens is 1. The van der Waals surface area contributed by atoms with Crippen LogP contribution < -0.4 is 9.62 Å². The molecule has 1 unspecified atom stereocenters. The summed E-state index contributed by atoms with van der Waals surface area (Å²) in [5.41, 5.74) is 2.50. The molecule has 0 fully saturated rings. The zero-order valence-corrected chi connectivity index (χ0v) is 24.6. The number of carbonyl (C=O) groups excluding carboxylic acids is 2. The number of anilines is 1. The lowest BCUT2D eigenvalue weighted by Crippen LogP contribution is -2.56. The Balaban J connectivity index is 2.07. The summed E-state index contributed by atoms with van der Waals surface area (Å²) in [5, 5.41) is 3.46. The molecule has 0 bridgehead atoms. The van der Waals surface area contributed by atoms with Gasteiger partial charge in [0.05, 0.1) is 11.9 Å². The first kappa shape index (κ1) is 30.2. The van der Waals surface area contributed by atoms with Crippen LogP contribution in [0.4, 0.5) is 5.69 Å². The first-order valence-corrected chi connectivity index (χ1v) is 14.9. The molecule has 0 radical (unpaired) electrons. The van der Waals surface area contributed by atoms with E-state index in [9.17, 15) is 18.0 Å². The summed E-state index contributed by atoms with van der Waals surface area (Å²) in [6.07, 6.45) is 1.31. The van der Waals surface area contributed by atoms with E-state index in [0.29, 0.717) is 10.7 Å². The molecule has 0 spiro atoms. The summed E-state index contributed by atoms with van der Waals surface area (Å²) >= 11 is 6.01. The SMILES string of the molecule is Cc1cccc(CN(C(=O)CN(c2ccc(Cl)cc2)S(C)(=O)=O)C(Cc2ccccc2)C(=O)NC(C)(C)C)c1. The van der Waals surface area contributed by atoms with Crippen molar-refractivity contribution in [3.63, 3.8) is 0 Å². The van der Waals surface area contributed by atoms with Crippen molar-refractivity contribution in [2.75, 3.05) is 17.1 Å². The largest absolute Gasteiger partial charge is 0.350 e. The van der Waals surface area contributed by atoms with Gasteiger partial charge in [0.1, 0.15) is 12.6 Å². The van der Waals surface area contributed by atoms with Gasteiger partial charge in [0.15, 0.2) is 0 Å². The summed E-state index contributed by atoms with van der Waals surface area (Å²) in [6, 6.07) is 22.5. The van der Waals surface area contributed by atoms with Crippen molar-refractivity contribution in [3.05, 3.63) is 101 Å². The maximum absolute atomic E-state index is 14.0. The first-order chi connectivity index (χ1) is 18.2. The van der Waals surface area contributed by atoms with Crippen molar-refractivity contribution >= 4 is 39.1 Å². The number of amides is 2. The lowest BCUT2D eigenvalue weighted by atomic mass is 10.0. The molecule has 0 saturated heterocycles. The molecule has 0 aliphatic carbocycles. The van der Waals surface area contributed by atoms with Gasteiger partial charge < -0.3 is 10.2 Å². The normalized spacial score (nSPS) is 12.5. The molecule has 39 heavy (non-hydrogen) atoms. The Hall–Kier alpha value is -3.36. The summed E-state index contributed by atoms with van der Waals surface area (Å²) in [4.78, 5) is 29.2. The van der Waals surface area contributed by atoms with E-state index in [4.69, 9.17) is 11.6 Å². The van der Waals surface area contributed by atoms with E-state index in [0.717, 1.165) is 27.3 Å². The molecule has 1 N–H and O–H groups in total. The van der Waals surface area contributed by atoms with Crippen LogP contribution in [0.15, 0.2) is 78.9 Å². The molecule has 208 valence electrons. The van der Waals surface area contributed by atoms with Crippen LogP contribution in [0.3, 0.4) is 0 Å². The van der Waals surface area contributed by atoms with E-state index in [-0.39, 0.29) is 18.9 Å². The highest BCUT2D eigenvalue weighted by atomic mass is 35.5. The van der Waals surface area contributed by atoms with Gasteiger partial charge in [0.2, 0.25) is 21.8 Å². The minimum absolute atomic E-state index is 0.133. The molecule has 2 amide bonds. The molecule has 0 aromatic heterocycles. The van der Waals surface area contributed by atoms with Crippen LogP contribution in [0.5, 0.6) is 0 Å². The maximum Gasteiger partial charge on any atom is 0.244 e. The molecular weight excluding hydrogens is 534 g/mol. The molecule has 0 aliphatic rings. The maximum atomic E-state index is 14.0. The molecule has 7 nitrogen and oxygen atoms in total. The van der Waals surface area contributed by atoms with Gasteiger partial charge >= 0.3 is 0 Å². The fraction of sp³-hybridized carbons (Fsp3) is 0.333. The van der Waals surface area contributed by atoms with Crippen molar-refractivity contribution in [3.8, 4) is 0 Å². The van der Waals surface area contributed by atoms with Crippen LogP contribution >= 0.6 is 11.6 Å². The van der Waals surface area contributed by atoms with Crippen LogP contribution in [0.2, 0.25) is 5.02 Å². The second kappa shape index (κ2) is 12.7. The number of nitrogens with one attached hydrogen (secondary N) is 1. The predicted octanol–water partition coefficient (Wildman–Crippen LogP) is 4.97. The minimum Gasteiger partial charge on any atom is -0.350 e. The Morgan fingerprint density at radius 1 is 0.923 bits per heavy atom. The van der Waals surface area contributed by atoms with Crippen LogP contribution in [0.25, 0.3) is 0 Å². The van der Waals surface area contributed by atoms with Crippen LogP contribution in [0, 0.1) is 6.92 Å². The van der Waals surface area contributed by atoms with Gasteiger partial charge in [0, 0.05) is 23.5 Å². The van der Waals surface area contributed by atoms with E-state index in [2.05, 4.69) is 5.32 Å². The third kappa shape index (κ3) is 9.11. The highest BCUT2D eigenvalue weighted by Gasteiger charge is 2.34. The third-order valence-electron chi connectivity index (χ3n) is 6.00. The lowest BCUT2D eigenvalue weighted by Gasteiger charge is -2.35. The minimum atomic E-state index is -3.83. The number of sulfonamides is 1. The Morgan fingerprint density at radius 3 is 2.10 bits per heavy atom. The van der Waals surface area contributed by atoms with Crippen molar-refractivity contribution < 1.29 is 18.0 Å². The molecule has 0 heterocycles. The Bertz CT molecular complexity index is 1390. The topological polar surface area (TPSA) is 86.8 Å². The molecule has 3 aromatic rings. The predicted molar refractivity (Wildman–Crippen MR) is 157 cm³/mol. The number of hydrogen-bond donors (Lipinski definition) is 1. The van der Waals surface area contributed by atoms with E-state index in [1.807, 2.05) is 82.3 Å². The molecular formula is C30H36ClN3O4S. The van der Waals surface area contributed by atoms with Crippen molar-refractivity contribution in [1.29, 1.82) is 0 Å². The van der Waals surface area contributed by atoms with E-state index >= 15 is 0 Å². The molecule has 0 aliphatic heterocycles. The Morgan fingerprint density at radius 2 is 1.54 bits per heavy atom. The van der Waals surface area contributed by atoms with Gasteiger partial charge in [-0.15, -0.1) is 0 Å². The number of hydrogen-bond acceptors (Lipinski definition) is 4. The summed E-state index contributed by atoms with van der Waals surface area (Å²) < 4.78 is 26.6. The second-order valence-electron chi connectivity index (χ2n) is 10.7. The second-order valence-corrected chi connectivity index (χ2v) is 13.0. The van der Waals surface area contributed by atoms with Gasteiger partial charge in [-0.25, -0.2) is 8.42 Å². The van der Waals surface area contributed by atoms with Crippen molar-refractivity contribution in [2.45, 2.75) is 52.2 Å². The fourth-order valence-corrected chi connectivity index (χ4v) is 5.21. The number of nitrogens with zero attached hydrogens (tertiary/aromatic N) is 2. The summed E-state index contributed by atoms with van der Waals surface area (Å²) in [5.74, 6) is -0.813. The van der Waals surface area contributed by atoms with Gasteiger partial charge in [0.25, 0.3) is 0 Å². The third-order valence-corrected chi connectivity index (χ3v) is 7.39. The number of benzene rings is 3. The number of aryl methyl sites for hydroxylation is 1. The van der Waals surface area contributed by atoms with Crippen LogP contribution in [0.1, 0.15) is 37.5 Å². The molecule has 1 atom stereocenters. The van der Waals surface area contributed by atoms with Crippen molar-refractivity contribution in [1.82, 2.24) is 10.2 Å². The van der Waals surface area contributed by atoms with Crippen LogP contribution in [-0.2, 0) is 32.6 Å². The van der Waals surface area contributed by atoms with Crippen LogP contribution in [-0.4, -0.2) is 49.5 Å². The zero-order valence-electron chi connectivity index (χ0n) is 23.0. The molecule has 9 heteroatoms. The van der Waals surface area contributed by atoms with Gasteiger partial charge in [-0.3, -0.25) is 13.9 Å². The standard InChI is InChI=1S/C30H36ClN3O4S/c1-22-10-9-13-24(18-22)20-33(27(29(36)32-30(2,3)4)19-23-11-7-6-8-12-23)28(35)21-34(39(5,37)38)26-16-14-25(31)15-17-26/h6-18,27H,19-21H2,1-5H3,(H,32,36). The zero-order chi connectivity index (χ0) is 28.8. The first-order valence-electron chi connectivity index (χ1n) is 12.7. The fourth-order valence-electron chi connectivity index (χ4n) is 4.24. The molecule has 0 saturated carbocycles. The molecule has 3 aromatic carbocycles. The Labute approximate surface area is 236 Å². The van der Waals surface area contributed by atoms with E-state index in [1.54, 1.807) is 24.3 Å². The average molecular weight is 570 g/mol. The lowest BCUT2D eigenvalue weighted by molar-refractivity contribution is -0.140. The number of carbonyl (C=O) groups is 2. The monoisotopic (exact) mass is 569 g/mol. The van der Waals surface area contributed by atoms with Gasteiger partial charge in [-0.1, -0.05) is 71.8 Å². The number of rotatable bonds is 10. The van der Waals surface area contributed by atoms with Gasteiger partial charge in [-0.2, -0.15) is 0 Å². The smallest absolute Gasteiger partial charge is 0.244 e. The van der Waals surface area contributed by atoms with Gasteiger partial charge in [-0.05, 0) is 63.1 Å². The van der Waals surface area contributed by atoms with Crippen molar-refractivity contribution in [2.24, 2.45) is 0 Å². The Kier molecular flexibility index (Phi) is 9.80. The quantitative estimate of drug-likeness (QED) is 0.373. The summed E-state index contributed by atoms with van der Waals surface area (Å²) in [6.45, 7) is 7.25.